The fraction of sp³-hybridized carbons (Fsp3) is 0.303. The number of anilines is 6. The molecule has 9 aromatic heterocycles. The van der Waals surface area contributed by atoms with Crippen LogP contribution in [0.25, 0.3) is 83.9 Å². The van der Waals surface area contributed by atoms with Crippen LogP contribution < -0.4 is 48.6 Å². The van der Waals surface area contributed by atoms with Crippen molar-refractivity contribution in [2.24, 2.45) is 0 Å². The van der Waals surface area contributed by atoms with Crippen molar-refractivity contribution in [1.82, 2.24) is 58.3 Å². The van der Waals surface area contributed by atoms with Crippen molar-refractivity contribution >= 4 is 224 Å². The summed E-state index contributed by atoms with van der Waals surface area (Å²) in [7, 11) is 0. The standard InChI is InChI=1S/3C33H30Cl4FN7O2/c2*1-7-21(46)44-16(5)12-43(13-17(44)6)31-18-10-20(34)29(22-23(35)27(40)25(37)24(36)26(22)38)42-32(18)45(33(47)19(31)11-39)30-15(4)8-9-41-28(30)14(2)3;1-7-21(46)44-16(5)12-43(13-17(44)6)31-18-10-20(34)29(22-23(35)26(38)25(37)27(40)24(22)36)42-32(18)45(33(47)19(31)11-39)30-15(4)8-9-41-28(30)14(2)3/h3*7-10,14,16-17H,1,12-13,40H2,2-6H3/t3*16-,17+. The SMILES string of the molecule is C=CC(=O)N1[C@H](C)CN(c2c(C#N)c(=O)n(-c3c(C)ccnc3C(C)C)c3nc(-c4c(Cl)c(N)c(Cl)c(F)c4Cl)c(Cl)cc23)C[C@@H]1C.C=CC(=O)N1[C@H](C)CN(c2c(C#N)c(=O)n(-c3c(C)ccnc3C(C)C)c3nc(-c4c(F)c(Cl)c(Cl)c(N)c4Cl)c(Cl)cc23)C[C@@H]1C.C=CC(=O)N1[C@H](C)CN(c2c(C#N)c(=O)n(-c3c(C)ccnc3C(C)C)c3nc(-c4c(F)c(Cl)c(Cl)c(N)c4Cl)c(Cl)cc23)C[C@@H]1C. The maximum absolute atomic E-state index is 15.8. The molecule has 0 spiro atoms. The molecule has 0 aliphatic carbocycles. The number of nitriles is 3. The van der Waals surface area contributed by atoms with Gasteiger partial charge in [0.2, 0.25) is 17.7 Å². The van der Waals surface area contributed by atoms with Gasteiger partial charge in [-0.15, -0.1) is 0 Å². The summed E-state index contributed by atoms with van der Waals surface area (Å²) >= 11 is 77.3. The molecule has 732 valence electrons. The monoisotopic (exact) mass is 2150 g/mol. The molecule has 0 unspecified atom stereocenters. The van der Waals surface area contributed by atoms with Crippen molar-refractivity contribution in [2.75, 3.05) is 71.2 Å². The number of piperazine rings is 3. The van der Waals surface area contributed by atoms with E-state index in [1.54, 1.807) is 51.5 Å². The van der Waals surface area contributed by atoms with Crippen LogP contribution >= 0.6 is 139 Å². The zero-order valence-corrected chi connectivity index (χ0v) is 87.5. The number of amides is 3. The van der Waals surface area contributed by atoms with Gasteiger partial charge in [0.25, 0.3) is 16.7 Å². The number of pyridine rings is 9. The molecule has 15 rings (SSSR count). The van der Waals surface area contributed by atoms with Crippen LogP contribution in [0, 0.1) is 72.2 Å². The molecule has 3 fully saturated rings. The van der Waals surface area contributed by atoms with E-state index >= 15 is 13.2 Å². The van der Waals surface area contributed by atoms with Crippen LogP contribution in [0.2, 0.25) is 60.3 Å². The van der Waals surface area contributed by atoms with E-state index < -0.39 is 54.2 Å². The van der Waals surface area contributed by atoms with Gasteiger partial charge in [-0.25, -0.2) is 28.1 Å². The molecule has 3 amide bonds. The fourth-order valence-electron chi connectivity index (χ4n) is 18.8. The Morgan fingerprint density at radius 1 is 0.383 bits per heavy atom. The van der Waals surface area contributed by atoms with E-state index in [1.165, 1.54) is 50.1 Å². The highest BCUT2D eigenvalue weighted by molar-refractivity contribution is 6.49. The Morgan fingerprint density at radius 2 is 0.624 bits per heavy atom. The zero-order valence-electron chi connectivity index (χ0n) is 78.4. The molecule has 0 bridgehead atoms. The van der Waals surface area contributed by atoms with Gasteiger partial charge in [-0.1, -0.05) is 200 Å². The number of carbonyl (C=O) groups excluding carboxylic acids is 3. The van der Waals surface area contributed by atoms with E-state index in [1.807, 2.05) is 119 Å². The minimum atomic E-state index is -1.01. The lowest BCUT2D eigenvalue weighted by Gasteiger charge is -2.45. The Labute approximate surface area is 869 Å². The van der Waals surface area contributed by atoms with Crippen molar-refractivity contribution in [3.05, 3.63) is 252 Å². The van der Waals surface area contributed by atoms with Crippen LogP contribution in [0.15, 0.2) is 107 Å². The predicted molar refractivity (Wildman–Crippen MR) is 560 cm³/mol. The number of benzene rings is 3. The van der Waals surface area contributed by atoms with Crippen molar-refractivity contribution in [3.63, 3.8) is 0 Å². The first-order valence-electron chi connectivity index (χ1n) is 43.9. The summed E-state index contributed by atoms with van der Waals surface area (Å²) in [6.45, 7) is 40.8. The molecule has 12 aromatic rings. The average Bonchev–Trinajstić information content (AvgIpc) is 0.725. The lowest BCUT2D eigenvalue weighted by Crippen LogP contribution is -2.58. The second kappa shape index (κ2) is 42.1. The minimum Gasteiger partial charge on any atom is -0.396 e. The first-order valence-corrected chi connectivity index (χ1v) is 48.4. The van der Waals surface area contributed by atoms with Crippen molar-refractivity contribution < 1.29 is 27.6 Å². The second-order valence-electron chi connectivity index (χ2n) is 35.3. The molecule has 3 aliphatic heterocycles. The van der Waals surface area contributed by atoms with Gasteiger partial charge in [-0.05, 0) is 151 Å². The van der Waals surface area contributed by atoms with Crippen LogP contribution in [0.4, 0.5) is 47.3 Å². The highest BCUT2D eigenvalue weighted by Crippen LogP contribution is 2.52. The molecule has 3 saturated heterocycles. The lowest BCUT2D eigenvalue weighted by molar-refractivity contribution is -0.131. The number of nitrogens with zero attached hydrogens (tertiary/aromatic N) is 18. The Morgan fingerprint density at radius 3 is 0.865 bits per heavy atom. The Bertz CT molecular complexity index is 6860. The number of hydrogen-bond acceptors (Lipinski definition) is 21. The van der Waals surface area contributed by atoms with E-state index in [2.05, 4.69) is 52.9 Å². The van der Waals surface area contributed by atoms with E-state index in [0.29, 0.717) is 72.7 Å². The fourth-order valence-corrected chi connectivity index (χ4v) is 21.8. The van der Waals surface area contributed by atoms with Crippen molar-refractivity contribution in [1.29, 1.82) is 15.8 Å². The third kappa shape index (κ3) is 18.8. The molecule has 0 saturated carbocycles. The van der Waals surface area contributed by atoms with Gasteiger partial charge >= 0.3 is 0 Å². The Kier molecular flexibility index (Phi) is 31.9. The summed E-state index contributed by atoms with van der Waals surface area (Å²) in [4.78, 5) is 121. The van der Waals surface area contributed by atoms with E-state index in [9.17, 15) is 44.6 Å². The molecule has 6 atom stereocenters. The Balaban J connectivity index is 0.000000178. The molecule has 0 radical (unpaired) electrons. The summed E-state index contributed by atoms with van der Waals surface area (Å²) in [5.41, 5.74) is 20.2. The molecule has 3 aliphatic rings. The number of rotatable bonds is 15. The Hall–Kier alpha value is -11.6. The molecule has 141 heavy (non-hydrogen) atoms. The highest BCUT2D eigenvalue weighted by Gasteiger charge is 2.42. The van der Waals surface area contributed by atoms with Crippen LogP contribution in [-0.4, -0.2) is 152 Å². The normalized spacial score (nSPS) is 16.6. The topological polar surface area (TPSA) is 363 Å². The van der Waals surface area contributed by atoms with Gasteiger partial charge in [-0.2, -0.15) is 15.8 Å². The zero-order chi connectivity index (χ0) is 104. The molecule has 12 heterocycles. The predicted octanol–water partition coefficient (Wildman–Crippen LogP) is 23.1. The van der Waals surface area contributed by atoms with Crippen LogP contribution in [0.5, 0.6) is 0 Å². The maximum atomic E-state index is 15.8. The summed E-state index contributed by atoms with van der Waals surface area (Å²) in [5, 5.41) is 29.4. The molecular formula is C99H90Cl12F3N21O6. The number of hydrogen-bond donors (Lipinski definition) is 3. The number of halogens is 15. The quantitative estimate of drug-likeness (QED) is 0.0371. The summed E-state index contributed by atoms with van der Waals surface area (Å²) < 4.78 is 50.7. The number of nitrogen functional groups attached to an aromatic ring is 3. The summed E-state index contributed by atoms with van der Waals surface area (Å²) in [6, 6.07) is 14.3. The lowest BCUT2D eigenvalue weighted by atomic mass is 10.0. The average molecular weight is 2150 g/mol. The van der Waals surface area contributed by atoms with Gasteiger partial charge in [-0.3, -0.25) is 57.4 Å². The summed E-state index contributed by atoms with van der Waals surface area (Å²) in [6.07, 6.45) is 8.69. The molecule has 27 nitrogen and oxygen atoms in total. The third-order valence-corrected chi connectivity index (χ3v) is 29.4. The van der Waals surface area contributed by atoms with Gasteiger partial charge < -0.3 is 46.6 Å². The highest BCUT2D eigenvalue weighted by atomic mass is 35.5. The number of aromatic nitrogens is 9. The number of aryl methyl sites for hydroxylation is 3. The van der Waals surface area contributed by atoms with Crippen LogP contribution in [0.1, 0.15) is 151 Å². The molecule has 42 heteroatoms. The summed E-state index contributed by atoms with van der Waals surface area (Å²) in [5.74, 6) is -4.10. The van der Waals surface area contributed by atoms with E-state index in [-0.39, 0.29) is 247 Å². The number of carbonyl (C=O) groups is 3. The third-order valence-electron chi connectivity index (χ3n) is 24.9. The van der Waals surface area contributed by atoms with Crippen LogP contribution in [-0.2, 0) is 14.4 Å². The molecule has 3 aromatic carbocycles. The van der Waals surface area contributed by atoms with Crippen molar-refractivity contribution in [3.8, 4) is 69.0 Å². The first-order chi connectivity index (χ1) is 66.5. The number of fused-ring (bicyclic) bond motifs is 3. The second-order valence-corrected chi connectivity index (χ2v) is 40.0. The van der Waals surface area contributed by atoms with Gasteiger partial charge in [0.1, 0.15) is 56.9 Å². The maximum Gasteiger partial charge on any atom is 0.276 e. The van der Waals surface area contributed by atoms with Gasteiger partial charge in [0, 0.05) is 116 Å². The largest absolute Gasteiger partial charge is 0.396 e. The van der Waals surface area contributed by atoms with Crippen molar-refractivity contribution in [2.45, 2.75) is 158 Å². The van der Waals surface area contributed by atoms with E-state index in [4.69, 9.17) is 171 Å². The van der Waals surface area contributed by atoms with Gasteiger partial charge in [0.15, 0.2) is 17.5 Å². The van der Waals surface area contributed by atoms with Crippen LogP contribution in [0.3, 0.4) is 0 Å². The number of nitrogens with two attached hydrogens (primary N) is 3. The molecular weight excluding hydrogens is 2060 g/mol. The minimum absolute atomic E-state index is 0.00804. The van der Waals surface area contributed by atoms with E-state index in [0.717, 1.165) is 0 Å². The molecule has 6 N–H and O–H groups in total. The first kappa shape index (κ1) is 107. The smallest absolute Gasteiger partial charge is 0.276 e. The van der Waals surface area contributed by atoms with Gasteiger partial charge in [0.05, 0.1) is 152 Å².